The van der Waals surface area contributed by atoms with Crippen molar-refractivity contribution < 1.29 is 4.74 Å². The third-order valence-electron chi connectivity index (χ3n) is 3.82. The van der Waals surface area contributed by atoms with Gasteiger partial charge in [0.25, 0.3) is 0 Å². The molecule has 2 rings (SSSR count). The Labute approximate surface area is 116 Å². The summed E-state index contributed by atoms with van der Waals surface area (Å²) in [4.78, 5) is 2.39. The molecule has 1 atom stereocenters. The molecule has 1 aromatic carbocycles. The SMILES string of the molecule is COc1ccc(C)cc1CN(C)CC1CCCCN1. The van der Waals surface area contributed by atoms with Gasteiger partial charge in [0.05, 0.1) is 7.11 Å². The molecule has 3 nitrogen and oxygen atoms in total. The quantitative estimate of drug-likeness (QED) is 0.882. The molecule has 1 N–H and O–H groups in total. The van der Waals surface area contributed by atoms with Crippen molar-refractivity contribution in [3.8, 4) is 5.75 Å². The number of nitrogens with one attached hydrogen (secondary N) is 1. The van der Waals surface area contributed by atoms with Crippen LogP contribution in [0, 0.1) is 6.92 Å². The minimum absolute atomic E-state index is 0.648. The molecule has 0 aliphatic carbocycles. The van der Waals surface area contributed by atoms with E-state index in [1.54, 1.807) is 7.11 Å². The molecule has 0 radical (unpaired) electrons. The van der Waals surface area contributed by atoms with E-state index in [0.717, 1.165) is 18.8 Å². The van der Waals surface area contributed by atoms with E-state index in [1.165, 1.54) is 36.9 Å². The Hall–Kier alpha value is -1.06. The molecule has 1 aliphatic rings. The lowest BCUT2D eigenvalue weighted by molar-refractivity contribution is 0.253. The zero-order chi connectivity index (χ0) is 13.7. The molecule has 1 aliphatic heterocycles. The fourth-order valence-corrected chi connectivity index (χ4v) is 2.84. The first-order valence-electron chi connectivity index (χ1n) is 7.24. The van der Waals surface area contributed by atoms with Crippen molar-refractivity contribution in [2.45, 2.75) is 38.8 Å². The van der Waals surface area contributed by atoms with Crippen LogP contribution in [0.5, 0.6) is 5.75 Å². The van der Waals surface area contributed by atoms with Crippen molar-refractivity contribution in [3.63, 3.8) is 0 Å². The highest BCUT2D eigenvalue weighted by Gasteiger charge is 2.15. The van der Waals surface area contributed by atoms with Crippen LogP contribution in [0.2, 0.25) is 0 Å². The van der Waals surface area contributed by atoms with Gasteiger partial charge in [0.15, 0.2) is 0 Å². The first-order chi connectivity index (χ1) is 9.19. The molecule has 1 heterocycles. The Morgan fingerprint density at radius 3 is 2.89 bits per heavy atom. The van der Waals surface area contributed by atoms with Crippen LogP contribution in [0.15, 0.2) is 18.2 Å². The fourth-order valence-electron chi connectivity index (χ4n) is 2.84. The molecule has 0 aromatic heterocycles. The topological polar surface area (TPSA) is 24.5 Å². The van der Waals surface area contributed by atoms with Gasteiger partial charge in [-0.2, -0.15) is 0 Å². The Balaban J connectivity index is 1.93. The summed E-state index contributed by atoms with van der Waals surface area (Å²) in [5.74, 6) is 0.994. The van der Waals surface area contributed by atoms with Crippen molar-refractivity contribution in [2.75, 3.05) is 27.2 Å². The Morgan fingerprint density at radius 2 is 2.21 bits per heavy atom. The number of aryl methyl sites for hydroxylation is 1. The van der Waals surface area contributed by atoms with Gasteiger partial charge < -0.3 is 15.0 Å². The van der Waals surface area contributed by atoms with Crippen LogP contribution >= 0.6 is 0 Å². The molecule has 19 heavy (non-hydrogen) atoms. The maximum absolute atomic E-state index is 5.45. The van der Waals surface area contributed by atoms with Crippen LogP contribution in [-0.4, -0.2) is 38.2 Å². The maximum Gasteiger partial charge on any atom is 0.123 e. The lowest BCUT2D eigenvalue weighted by atomic mass is 10.0. The van der Waals surface area contributed by atoms with E-state index in [0.29, 0.717) is 6.04 Å². The molecule has 0 bridgehead atoms. The summed E-state index contributed by atoms with van der Waals surface area (Å²) in [6.07, 6.45) is 3.99. The largest absolute Gasteiger partial charge is 0.496 e. The summed E-state index contributed by atoms with van der Waals surface area (Å²) >= 11 is 0. The fraction of sp³-hybridized carbons (Fsp3) is 0.625. The molecular weight excluding hydrogens is 236 g/mol. The van der Waals surface area contributed by atoms with E-state index in [-0.39, 0.29) is 0 Å². The van der Waals surface area contributed by atoms with Gasteiger partial charge in [-0.25, -0.2) is 0 Å². The van der Waals surface area contributed by atoms with Crippen molar-refractivity contribution in [2.24, 2.45) is 0 Å². The van der Waals surface area contributed by atoms with Gasteiger partial charge in [-0.05, 0) is 39.4 Å². The molecule has 0 saturated carbocycles. The number of rotatable bonds is 5. The highest BCUT2D eigenvalue weighted by Crippen LogP contribution is 2.21. The van der Waals surface area contributed by atoms with Gasteiger partial charge >= 0.3 is 0 Å². The average Bonchev–Trinajstić information content (AvgIpc) is 2.40. The second-order valence-electron chi connectivity index (χ2n) is 5.66. The number of hydrogen-bond donors (Lipinski definition) is 1. The van der Waals surface area contributed by atoms with E-state index in [2.05, 4.69) is 42.4 Å². The monoisotopic (exact) mass is 262 g/mol. The van der Waals surface area contributed by atoms with Crippen molar-refractivity contribution in [1.82, 2.24) is 10.2 Å². The zero-order valence-electron chi connectivity index (χ0n) is 12.4. The van der Waals surface area contributed by atoms with Crippen molar-refractivity contribution in [3.05, 3.63) is 29.3 Å². The van der Waals surface area contributed by atoms with Gasteiger partial charge in [-0.15, -0.1) is 0 Å². The molecule has 0 spiro atoms. The zero-order valence-corrected chi connectivity index (χ0v) is 12.4. The minimum atomic E-state index is 0.648. The van der Waals surface area contributed by atoms with Crippen LogP contribution in [0.3, 0.4) is 0 Å². The Kier molecular flexibility index (Phi) is 5.23. The van der Waals surface area contributed by atoms with Crippen LogP contribution < -0.4 is 10.1 Å². The van der Waals surface area contributed by atoms with E-state index in [9.17, 15) is 0 Å². The number of ether oxygens (including phenoxy) is 1. The summed E-state index contributed by atoms with van der Waals surface area (Å²) < 4.78 is 5.45. The number of piperidine rings is 1. The molecule has 3 heteroatoms. The second kappa shape index (κ2) is 6.92. The number of hydrogen-bond acceptors (Lipinski definition) is 3. The van der Waals surface area contributed by atoms with E-state index >= 15 is 0 Å². The van der Waals surface area contributed by atoms with Gasteiger partial charge in [-0.3, -0.25) is 0 Å². The number of benzene rings is 1. The minimum Gasteiger partial charge on any atom is -0.496 e. The van der Waals surface area contributed by atoms with Crippen LogP contribution in [0.25, 0.3) is 0 Å². The van der Waals surface area contributed by atoms with Crippen molar-refractivity contribution in [1.29, 1.82) is 0 Å². The first-order valence-corrected chi connectivity index (χ1v) is 7.24. The van der Waals surface area contributed by atoms with Crippen LogP contribution in [0.1, 0.15) is 30.4 Å². The number of methoxy groups -OCH3 is 1. The summed E-state index contributed by atoms with van der Waals surface area (Å²) in [6.45, 7) is 5.36. The van der Waals surface area contributed by atoms with Crippen molar-refractivity contribution >= 4 is 0 Å². The number of nitrogens with zero attached hydrogens (tertiary/aromatic N) is 1. The maximum atomic E-state index is 5.45. The lowest BCUT2D eigenvalue weighted by Gasteiger charge is -2.28. The molecule has 1 fully saturated rings. The summed E-state index contributed by atoms with van der Waals surface area (Å²) in [5.41, 5.74) is 2.57. The molecule has 0 amide bonds. The van der Waals surface area contributed by atoms with E-state index in [4.69, 9.17) is 4.74 Å². The first kappa shape index (κ1) is 14.4. The average molecular weight is 262 g/mol. The molecule has 1 unspecified atom stereocenters. The standard InChI is InChI=1S/C16H26N2O/c1-13-7-8-16(19-3)14(10-13)11-18(2)12-15-6-4-5-9-17-15/h7-8,10,15,17H,4-6,9,11-12H2,1-3H3. The van der Waals surface area contributed by atoms with Gasteiger partial charge in [-0.1, -0.05) is 24.1 Å². The summed E-state index contributed by atoms with van der Waals surface area (Å²) in [7, 11) is 3.94. The highest BCUT2D eigenvalue weighted by atomic mass is 16.5. The molecule has 1 saturated heterocycles. The smallest absolute Gasteiger partial charge is 0.123 e. The number of likely N-dealkylation sites (N-methyl/N-ethyl adjacent to an activating group) is 1. The Morgan fingerprint density at radius 1 is 1.37 bits per heavy atom. The normalized spacial score (nSPS) is 19.7. The molecule has 1 aromatic rings. The lowest BCUT2D eigenvalue weighted by Crippen LogP contribution is -2.42. The molecular formula is C16H26N2O. The summed E-state index contributed by atoms with van der Waals surface area (Å²) in [6, 6.07) is 7.04. The predicted octanol–water partition coefficient (Wildman–Crippen LogP) is 2.58. The van der Waals surface area contributed by atoms with E-state index in [1.807, 2.05) is 0 Å². The predicted molar refractivity (Wildman–Crippen MR) is 79.7 cm³/mol. The highest BCUT2D eigenvalue weighted by molar-refractivity contribution is 5.36. The second-order valence-corrected chi connectivity index (χ2v) is 5.66. The van der Waals surface area contributed by atoms with Crippen LogP contribution in [-0.2, 0) is 6.54 Å². The van der Waals surface area contributed by atoms with Gasteiger partial charge in [0.1, 0.15) is 5.75 Å². The summed E-state index contributed by atoms with van der Waals surface area (Å²) in [5, 5.41) is 3.60. The van der Waals surface area contributed by atoms with Crippen LogP contribution in [0.4, 0.5) is 0 Å². The molecule has 106 valence electrons. The van der Waals surface area contributed by atoms with E-state index < -0.39 is 0 Å². The Bertz CT molecular complexity index is 400. The third kappa shape index (κ3) is 4.22. The van der Waals surface area contributed by atoms with Gasteiger partial charge in [0.2, 0.25) is 0 Å². The van der Waals surface area contributed by atoms with Gasteiger partial charge in [0, 0.05) is 24.7 Å². The third-order valence-corrected chi connectivity index (χ3v) is 3.82.